The van der Waals surface area contributed by atoms with E-state index in [9.17, 15) is 9.59 Å². The maximum atomic E-state index is 12.4. The van der Waals surface area contributed by atoms with Gasteiger partial charge in [0.1, 0.15) is 0 Å². The van der Waals surface area contributed by atoms with Crippen LogP contribution in [-0.4, -0.2) is 24.9 Å². The molecule has 4 nitrogen and oxygen atoms in total. The van der Waals surface area contributed by atoms with Gasteiger partial charge in [-0.3, -0.25) is 9.59 Å². The van der Waals surface area contributed by atoms with E-state index >= 15 is 0 Å². The molecule has 0 N–H and O–H groups in total. The number of hydrogen-bond donors (Lipinski definition) is 0. The molecule has 1 fully saturated rings. The number of anilines is 2. The highest BCUT2D eigenvalue weighted by molar-refractivity contribution is 6.03. The predicted molar refractivity (Wildman–Crippen MR) is 78.8 cm³/mol. The molecule has 0 aromatic heterocycles. The van der Waals surface area contributed by atoms with Crippen LogP contribution in [0.15, 0.2) is 24.3 Å². The lowest BCUT2D eigenvalue weighted by Crippen LogP contribution is -2.32. The minimum absolute atomic E-state index is 0.123. The summed E-state index contributed by atoms with van der Waals surface area (Å²) in [5.74, 6) is 0.554. The van der Waals surface area contributed by atoms with Gasteiger partial charge in [-0.2, -0.15) is 0 Å². The fourth-order valence-corrected chi connectivity index (χ4v) is 2.78. The second kappa shape index (κ2) is 5.27. The number of nitrogens with zero attached hydrogens (tertiary/aromatic N) is 2. The first-order valence-electron chi connectivity index (χ1n) is 7.43. The largest absolute Gasteiger partial charge is 0.310 e. The number of para-hydroxylation sites is 2. The Hall–Kier alpha value is -1.84. The fourth-order valence-electron chi connectivity index (χ4n) is 2.78. The molecule has 0 unspecified atom stereocenters. The van der Waals surface area contributed by atoms with Crippen LogP contribution >= 0.6 is 0 Å². The van der Waals surface area contributed by atoms with E-state index in [0.717, 1.165) is 30.6 Å². The fraction of sp³-hybridized carbons (Fsp3) is 0.500. The number of rotatable bonds is 2. The zero-order valence-electron chi connectivity index (χ0n) is 11.8. The zero-order valence-corrected chi connectivity index (χ0v) is 11.8. The molecule has 0 saturated heterocycles. The van der Waals surface area contributed by atoms with Crippen molar-refractivity contribution >= 4 is 23.2 Å². The van der Waals surface area contributed by atoms with E-state index in [-0.39, 0.29) is 17.7 Å². The van der Waals surface area contributed by atoms with Gasteiger partial charge in [-0.1, -0.05) is 19.1 Å². The van der Waals surface area contributed by atoms with E-state index in [4.69, 9.17) is 0 Å². The third-order valence-corrected chi connectivity index (χ3v) is 4.02. The van der Waals surface area contributed by atoms with E-state index in [2.05, 4.69) is 0 Å². The van der Waals surface area contributed by atoms with Crippen molar-refractivity contribution < 1.29 is 9.59 Å². The van der Waals surface area contributed by atoms with Crippen molar-refractivity contribution in [2.45, 2.75) is 32.6 Å². The van der Waals surface area contributed by atoms with E-state index in [1.807, 2.05) is 41.0 Å². The number of carbonyl (C=O) groups excluding carboxylic acids is 2. The molecular weight excluding hydrogens is 252 g/mol. The Labute approximate surface area is 119 Å². The van der Waals surface area contributed by atoms with Crippen LogP contribution in [0.3, 0.4) is 0 Å². The Morgan fingerprint density at radius 2 is 1.70 bits per heavy atom. The van der Waals surface area contributed by atoms with Gasteiger partial charge in [-0.05, 0) is 31.4 Å². The molecule has 1 aliphatic heterocycles. The lowest BCUT2D eigenvalue weighted by atomic mass is 10.2. The van der Waals surface area contributed by atoms with Gasteiger partial charge in [0.05, 0.1) is 11.4 Å². The van der Waals surface area contributed by atoms with Gasteiger partial charge in [-0.25, -0.2) is 0 Å². The molecule has 20 heavy (non-hydrogen) atoms. The molecular formula is C16H20N2O2. The third kappa shape index (κ3) is 2.30. The maximum Gasteiger partial charge on any atom is 0.230 e. The SMILES string of the molecule is CCC(=O)N1CCCN(C(=O)C2CC2)c2ccccc21. The monoisotopic (exact) mass is 272 g/mol. The molecule has 0 radical (unpaired) electrons. The summed E-state index contributed by atoms with van der Waals surface area (Å²) in [5.41, 5.74) is 1.77. The second-order valence-corrected chi connectivity index (χ2v) is 5.51. The lowest BCUT2D eigenvalue weighted by Gasteiger charge is -2.25. The van der Waals surface area contributed by atoms with Crippen molar-refractivity contribution in [2.75, 3.05) is 22.9 Å². The van der Waals surface area contributed by atoms with E-state index in [0.29, 0.717) is 19.5 Å². The maximum absolute atomic E-state index is 12.4. The zero-order chi connectivity index (χ0) is 14.1. The van der Waals surface area contributed by atoms with Gasteiger partial charge in [0.25, 0.3) is 0 Å². The van der Waals surface area contributed by atoms with Crippen LogP contribution < -0.4 is 9.80 Å². The highest BCUT2D eigenvalue weighted by Crippen LogP contribution is 2.37. The van der Waals surface area contributed by atoms with Crippen molar-refractivity contribution in [2.24, 2.45) is 5.92 Å². The Morgan fingerprint density at radius 3 is 2.30 bits per heavy atom. The molecule has 2 aliphatic rings. The summed E-state index contributed by atoms with van der Waals surface area (Å²) in [6, 6.07) is 7.77. The summed E-state index contributed by atoms with van der Waals surface area (Å²) in [7, 11) is 0. The summed E-state index contributed by atoms with van der Waals surface area (Å²) >= 11 is 0. The first-order valence-corrected chi connectivity index (χ1v) is 7.43. The summed E-state index contributed by atoms with van der Waals surface area (Å²) in [6.45, 7) is 3.28. The van der Waals surface area contributed by atoms with Gasteiger partial charge < -0.3 is 9.80 Å². The minimum Gasteiger partial charge on any atom is -0.310 e. The normalized spacial score (nSPS) is 18.4. The van der Waals surface area contributed by atoms with Crippen molar-refractivity contribution in [3.05, 3.63) is 24.3 Å². The quantitative estimate of drug-likeness (QED) is 0.830. The first kappa shape index (κ1) is 13.2. The second-order valence-electron chi connectivity index (χ2n) is 5.51. The number of carbonyl (C=O) groups is 2. The molecule has 4 heteroatoms. The molecule has 1 heterocycles. The number of hydrogen-bond acceptors (Lipinski definition) is 2. The molecule has 0 spiro atoms. The van der Waals surface area contributed by atoms with Crippen molar-refractivity contribution in [3.63, 3.8) is 0 Å². The van der Waals surface area contributed by atoms with Crippen LogP contribution in [0.2, 0.25) is 0 Å². The van der Waals surface area contributed by atoms with Crippen LogP contribution in [-0.2, 0) is 9.59 Å². The molecule has 106 valence electrons. The number of fused-ring (bicyclic) bond motifs is 1. The predicted octanol–water partition coefficient (Wildman–Crippen LogP) is 2.58. The topological polar surface area (TPSA) is 40.6 Å². The molecule has 0 atom stereocenters. The van der Waals surface area contributed by atoms with E-state index in [1.165, 1.54) is 0 Å². The molecule has 0 bridgehead atoms. The Morgan fingerprint density at radius 1 is 1.10 bits per heavy atom. The molecule has 1 aromatic carbocycles. The minimum atomic E-state index is 0.123. The van der Waals surface area contributed by atoms with Crippen molar-refractivity contribution in [3.8, 4) is 0 Å². The molecule has 3 rings (SSSR count). The van der Waals surface area contributed by atoms with Crippen LogP contribution in [0, 0.1) is 5.92 Å². The van der Waals surface area contributed by atoms with Crippen LogP contribution in [0.4, 0.5) is 11.4 Å². The van der Waals surface area contributed by atoms with Crippen LogP contribution in [0.25, 0.3) is 0 Å². The number of benzene rings is 1. The first-order chi connectivity index (χ1) is 9.72. The Balaban J connectivity index is 1.99. The summed E-state index contributed by atoms with van der Waals surface area (Å²) < 4.78 is 0. The Bertz CT molecular complexity index is 537. The van der Waals surface area contributed by atoms with Gasteiger partial charge in [-0.15, -0.1) is 0 Å². The van der Waals surface area contributed by atoms with Crippen molar-refractivity contribution in [1.82, 2.24) is 0 Å². The summed E-state index contributed by atoms with van der Waals surface area (Å²) in [4.78, 5) is 28.3. The van der Waals surface area contributed by atoms with Gasteiger partial charge >= 0.3 is 0 Å². The molecule has 1 aromatic rings. The molecule has 1 aliphatic carbocycles. The van der Waals surface area contributed by atoms with Crippen molar-refractivity contribution in [1.29, 1.82) is 0 Å². The average molecular weight is 272 g/mol. The van der Waals surface area contributed by atoms with Crippen LogP contribution in [0.5, 0.6) is 0 Å². The summed E-state index contributed by atoms with van der Waals surface area (Å²) in [6.07, 6.45) is 3.34. The number of amides is 2. The van der Waals surface area contributed by atoms with Gasteiger partial charge in [0, 0.05) is 25.4 Å². The van der Waals surface area contributed by atoms with Gasteiger partial charge in [0.15, 0.2) is 0 Å². The average Bonchev–Trinajstić information content (AvgIpc) is 3.31. The third-order valence-electron chi connectivity index (χ3n) is 4.02. The molecule has 2 amide bonds. The molecule has 1 saturated carbocycles. The lowest BCUT2D eigenvalue weighted by molar-refractivity contribution is -0.120. The summed E-state index contributed by atoms with van der Waals surface area (Å²) in [5, 5.41) is 0. The standard InChI is InChI=1S/C16H20N2O2/c1-2-15(19)17-10-5-11-18(16(20)12-8-9-12)14-7-4-3-6-13(14)17/h3-4,6-7,12H,2,5,8-11H2,1H3. The van der Waals surface area contributed by atoms with E-state index < -0.39 is 0 Å². The smallest absolute Gasteiger partial charge is 0.230 e. The van der Waals surface area contributed by atoms with Gasteiger partial charge in [0.2, 0.25) is 11.8 Å². The van der Waals surface area contributed by atoms with E-state index in [1.54, 1.807) is 0 Å². The Kier molecular flexibility index (Phi) is 3.47. The highest BCUT2D eigenvalue weighted by atomic mass is 16.2. The highest BCUT2D eigenvalue weighted by Gasteiger charge is 2.36. The van der Waals surface area contributed by atoms with Crippen LogP contribution in [0.1, 0.15) is 32.6 Å².